The highest BCUT2D eigenvalue weighted by atomic mass is 32.1. The van der Waals surface area contributed by atoms with Crippen LogP contribution in [0.1, 0.15) is 55.1 Å². The highest BCUT2D eigenvalue weighted by Gasteiger charge is 2.38. The van der Waals surface area contributed by atoms with Crippen LogP contribution in [0.5, 0.6) is 0 Å². The number of fused-ring (bicyclic) bond motifs is 1. The lowest BCUT2D eigenvalue weighted by Gasteiger charge is -2.27. The van der Waals surface area contributed by atoms with Gasteiger partial charge in [0.05, 0.1) is 23.6 Å². The summed E-state index contributed by atoms with van der Waals surface area (Å²) in [7, 11) is 1.46. The molecular formula is C19H22FN3O3S. The number of nitrogens with two attached hydrogens (primary N) is 1. The van der Waals surface area contributed by atoms with Crippen molar-refractivity contribution in [3.05, 3.63) is 53.3 Å². The third-order valence-corrected chi connectivity index (χ3v) is 6.49. The van der Waals surface area contributed by atoms with Gasteiger partial charge in [0.1, 0.15) is 11.9 Å². The first-order valence-electron chi connectivity index (χ1n) is 8.97. The van der Waals surface area contributed by atoms with Gasteiger partial charge in [-0.2, -0.15) is 0 Å². The van der Waals surface area contributed by atoms with Crippen molar-refractivity contribution in [3.63, 3.8) is 0 Å². The van der Waals surface area contributed by atoms with Gasteiger partial charge in [0.15, 0.2) is 0 Å². The van der Waals surface area contributed by atoms with E-state index < -0.39 is 23.3 Å². The number of nitrogens with one attached hydrogen (secondary N) is 1. The average Bonchev–Trinajstić information content (AvgIpc) is 3.32. The van der Waals surface area contributed by atoms with Gasteiger partial charge in [0.25, 0.3) is 5.56 Å². The Morgan fingerprint density at radius 2 is 2.11 bits per heavy atom. The minimum Gasteiger partial charge on any atom is -0.498 e. The number of aromatic nitrogens is 2. The molecule has 144 valence electrons. The number of halogens is 1. The van der Waals surface area contributed by atoms with E-state index in [1.165, 1.54) is 18.4 Å². The maximum Gasteiger partial charge on any atom is 0.329 e. The van der Waals surface area contributed by atoms with Crippen molar-refractivity contribution in [1.29, 1.82) is 0 Å². The largest absolute Gasteiger partial charge is 0.498 e. The molecule has 8 heteroatoms. The highest BCUT2D eigenvalue weighted by molar-refractivity contribution is 7.10. The summed E-state index contributed by atoms with van der Waals surface area (Å²) >= 11 is 1.47. The van der Waals surface area contributed by atoms with Gasteiger partial charge in [-0.15, -0.1) is 11.3 Å². The van der Waals surface area contributed by atoms with Gasteiger partial charge in [-0.3, -0.25) is 14.3 Å². The molecule has 2 aromatic heterocycles. The molecule has 2 aliphatic carbocycles. The van der Waals surface area contributed by atoms with Crippen LogP contribution in [-0.4, -0.2) is 22.8 Å². The van der Waals surface area contributed by atoms with Crippen LogP contribution in [0.15, 0.2) is 21.0 Å². The van der Waals surface area contributed by atoms with E-state index in [9.17, 15) is 9.59 Å². The fraction of sp³-hybridized carbons (Fsp3) is 0.474. The number of H-pyrrole nitrogens is 1. The normalized spacial score (nSPS) is 23.3. The summed E-state index contributed by atoms with van der Waals surface area (Å²) in [5.41, 5.74) is 5.98. The second-order valence-electron chi connectivity index (χ2n) is 7.29. The Morgan fingerprint density at radius 1 is 1.41 bits per heavy atom. The Hall–Kier alpha value is -2.19. The summed E-state index contributed by atoms with van der Waals surface area (Å²) in [5, 5.41) is 2.50. The number of thiophene rings is 1. The molecule has 0 amide bonds. The smallest absolute Gasteiger partial charge is 0.329 e. The summed E-state index contributed by atoms with van der Waals surface area (Å²) in [4.78, 5) is 28.3. The quantitative estimate of drug-likeness (QED) is 0.814. The van der Waals surface area contributed by atoms with Gasteiger partial charge < -0.3 is 10.5 Å². The molecule has 0 radical (unpaired) electrons. The summed E-state index contributed by atoms with van der Waals surface area (Å²) in [6.45, 7) is 3.49. The highest BCUT2D eigenvalue weighted by Crippen LogP contribution is 2.39. The van der Waals surface area contributed by atoms with Crippen molar-refractivity contribution < 1.29 is 9.13 Å². The molecule has 0 aromatic carbocycles. The minimum absolute atomic E-state index is 0.0139. The molecule has 27 heavy (non-hydrogen) atoms. The minimum atomic E-state index is -1.42. The van der Waals surface area contributed by atoms with E-state index in [2.05, 4.69) is 4.98 Å². The number of aromatic amines is 1. The van der Waals surface area contributed by atoms with Crippen LogP contribution in [-0.2, 0) is 4.74 Å². The van der Waals surface area contributed by atoms with Crippen LogP contribution in [0.2, 0.25) is 0 Å². The van der Waals surface area contributed by atoms with Crippen LogP contribution in [0.3, 0.4) is 0 Å². The number of ether oxygens (including phenoxy) is 1. The zero-order chi connectivity index (χ0) is 19.5. The van der Waals surface area contributed by atoms with Crippen molar-refractivity contribution in [3.8, 4) is 0 Å². The van der Waals surface area contributed by atoms with E-state index >= 15 is 4.39 Å². The van der Waals surface area contributed by atoms with Gasteiger partial charge in [0, 0.05) is 17.0 Å². The van der Waals surface area contributed by atoms with Gasteiger partial charge in [-0.25, -0.2) is 9.18 Å². The van der Waals surface area contributed by atoms with E-state index in [1.54, 1.807) is 11.5 Å². The number of nitrogens with zero attached hydrogens (tertiary/aromatic N) is 1. The number of hydrogen-bond donors (Lipinski definition) is 2. The molecule has 3 N–H and O–H groups in total. The monoisotopic (exact) mass is 391 g/mol. The fourth-order valence-corrected chi connectivity index (χ4v) is 4.73. The topological polar surface area (TPSA) is 90.1 Å². The van der Waals surface area contributed by atoms with Gasteiger partial charge >= 0.3 is 5.69 Å². The van der Waals surface area contributed by atoms with Crippen molar-refractivity contribution in [2.75, 3.05) is 7.11 Å². The van der Waals surface area contributed by atoms with Crippen LogP contribution in [0.25, 0.3) is 11.3 Å². The van der Waals surface area contributed by atoms with E-state index in [4.69, 9.17) is 10.5 Å². The summed E-state index contributed by atoms with van der Waals surface area (Å²) in [6.07, 6.45) is 0.283. The summed E-state index contributed by atoms with van der Waals surface area (Å²) < 4.78 is 22.7. The van der Waals surface area contributed by atoms with E-state index in [0.717, 1.165) is 23.3 Å². The SMILES string of the molecule is COC1=c2c(c(=O)[nH]c(=O)n2C2CC2)=C(C)C(F)C1c1csc(C(C)N)c1. The molecule has 6 nitrogen and oxygen atoms in total. The molecular weight excluding hydrogens is 369 g/mol. The zero-order valence-corrected chi connectivity index (χ0v) is 16.2. The van der Waals surface area contributed by atoms with Crippen LogP contribution >= 0.6 is 11.3 Å². The van der Waals surface area contributed by atoms with Crippen molar-refractivity contribution in [2.45, 2.75) is 50.9 Å². The van der Waals surface area contributed by atoms with E-state index in [-0.39, 0.29) is 17.3 Å². The first-order chi connectivity index (χ1) is 12.8. The predicted molar refractivity (Wildman–Crippen MR) is 103 cm³/mol. The van der Waals surface area contributed by atoms with Gasteiger partial charge in [0.2, 0.25) is 0 Å². The van der Waals surface area contributed by atoms with Gasteiger partial charge in [-0.1, -0.05) is 0 Å². The molecule has 1 fully saturated rings. The molecule has 0 bridgehead atoms. The molecule has 0 aliphatic heterocycles. The van der Waals surface area contributed by atoms with E-state index in [1.807, 2.05) is 18.4 Å². The third kappa shape index (κ3) is 2.78. The number of hydrogen-bond acceptors (Lipinski definition) is 5. The number of methoxy groups -OCH3 is 1. The Morgan fingerprint density at radius 3 is 2.67 bits per heavy atom. The third-order valence-electron chi connectivity index (χ3n) is 5.34. The Bertz CT molecular complexity index is 1140. The lowest BCUT2D eigenvalue weighted by atomic mass is 9.85. The molecule has 0 saturated heterocycles. The van der Waals surface area contributed by atoms with Crippen LogP contribution in [0, 0.1) is 0 Å². The van der Waals surface area contributed by atoms with Crippen molar-refractivity contribution in [2.24, 2.45) is 5.73 Å². The van der Waals surface area contributed by atoms with Gasteiger partial charge in [-0.05, 0) is 49.3 Å². The lowest BCUT2D eigenvalue weighted by Crippen LogP contribution is -2.58. The Balaban J connectivity index is 2.09. The molecule has 0 spiro atoms. The lowest BCUT2D eigenvalue weighted by molar-refractivity contribution is 0.286. The van der Waals surface area contributed by atoms with Crippen molar-refractivity contribution in [1.82, 2.24) is 9.55 Å². The standard InChI is InChI=1S/C19H22FN3O3S/c1-8-13-16(23(11-4-5-11)19(25)22-18(13)24)17(26-3)14(15(8)20)10-6-12(9(2)21)27-7-10/h6-7,9,11,14-15H,4-5,21H2,1-3H3,(H,22,24,25). The zero-order valence-electron chi connectivity index (χ0n) is 15.4. The predicted octanol–water partition coefficient (Wildman–Crippen LogP) is 1.01. The first-order valence-corrected chi connectivity index (χ1v) is 9.84. The second-order valence-corrected chi connectivity index (χ2v) is 8.23. The van der Waals surface area contributed by atoms with E-state index in [0.29, 0.717) is 16.7 Å². The fourth-order valence-electron chi connectivity index (χ4n) is 3.82. The molecule has 4 rings (SSSR count). The Labute approximate surface area is 158 Å². The first kappa shape index (κ1) is 18.2. The van der Waals surface area contributed by atoms with Crippen LogP contribution < -0.4 is 27.6 Å². The summed E-state index contributed by atoms with van der Waals surface area (Å²) in [5.74, 6) is -0.385. The molecule has 3 atom stereocenters. The molecule has 1 saturated carbocycles. The van der Waals surface area contributed by atoms with Crippen LogP contribution in [0.4, 0.5) is 4.39 Å². The average molecular weight is 391 g/mol. The maximum atomic E-state index is 15.5. The van der Waals surface area contributed by atoms with Crippen molar-refractivity contribution >= 4 is 22.7 Å². The number of rotatable bonds is 4. The summed E-state index contributed by atoms with van der Waals surface area (Å²) in [6, 6.07) is 1.75. The Kier molecular flexibility index (Phi) is 4.35. The second kappa shape index (κ2) is 6.45. The molecule has 2 aliphatic rings. The number of alkyl halides is 1. The maximum absolute atomic E-state index is 15.5. The molecule has 2 aromatic rings. The molecule has 3 unspecified atom stereocenters. The molecule has 2 heterocycles.